The van der Waals surface area contributed by atoms with Crippen molar-refractivity contribution in [2.75, 3.05) is 29.6 Å². The molecule has 3 aromatic rings. The first-order valence-electron chi connectivity index (χ1n) is 9.79. The first-order valence-corrected chi connectivity index (χ1v) is 10.8. The lowest BCUT2D eigenvalue weighted by atomic mass is 10.2. The topological polar surface area (TPSA) is 94.5 Å². The molecule has 0 saturated heterocycles. The van der Waals surface area contributed by atoms with Crippen molar-refractivity contribution in [1.29, 1.82) is 0 Å². The molecule has 1 aliphatic rings. The Hall–Kier alpha value is -3.46. The number of nitrogens with one attached hydrogen (secondary N) is 2. The van der Waals surface area contributed by atoms with Crippen LogP contribution in [0, 0.1) is 0 Å². The van der Waals surface area contributed by atoms with Gasteiger partial charge < -0.3 is 24.7 Å². The normalized spacial score (nSPS) is 12.7. The van der Waals surface area contributed by atoms with Gasteiger partial charge in [0.25, 0.3) is 5.91 Å². The molecule has 0 spiro atoms. The van der Waals surface area contributed by atoms with Gasteiger partial charge in [-0.1, -0.05) is 11.8 Å². The highest BCUT2D eigenvalue weighted by molar-refractivity contribution is 7.99. The Labute approximate surface area is 184 Å². The van der Waals surface area contributed by atoms with Crippen LogP contribution in [0.25, 0.3) is 0 Å². The molecule has 2 aromatic carbocycles. The molecular weight excluding hydrogens is 416 g/mol. The van der Waals surface area contributed by atoms with Gasteiger partial charge in [0, 0.05) is 48.9 Å². The number of hydrogen-bond acceptors (Lipinski definition) is 6. The maximum atomic E-state index is 12.6. The molecule has 0 unspecified atom stereocenters. The number of nitrogens with zero attached hydrogens (tertiary/aromatic N) is 2. The molecule has 0 bridgehead atoms. The Morgan fingerprint density at radius 3 is 2.52 bits per heavy atom. The molecule has 0 fully saturated rings. The van der Waals surface area contributed by atoms with Crippen molar-refractivity contribution in [3.63, 3.8) is 0 Å². The second-order valence-electron chi connectivity index (χ2n) is 6.90. The number of anilines is 2. The van der Waals surface area contributed by atoms with Crippen molar-refractivity contribution in [2.45, 2.75) is 11.6 Å². The van der Waals surface area contributed by atoms with Gasteiger partial charge >= 0.3 is 0 Å². The molecule has 2 N–H and O–H groups in total. The van der Waals surface area contributed by atoms with Crippen molar-refractivity contribution in [1.82, 2.24) is 9.55 Å². The SMILES string of the molecule is Cn1ccnc1SCC(=O)Nc1ccc(C(=O)Nc2ccc3c(c2)OCCCO3)cc1. The van der Waals surface area contributed by atoms with Crippen LogP contribution < -0.4 is 20.1 Å². The number of imidazole rings is 1. The van der Waals surface area contributed by atoms with E-state index in [1.54, 1.807) is 48.7 Å². The minimum Gasteiger partial charge on any atom is -0.490 e. The Morgan fingerprint density at radius 1 is 1.03 bits per heavy atom. The van der Waals surface area contributed by atoms with Crippen LogP contribution in [0.3, 0.4) is 0 Å². The Morgan fingerprint density at radius 2 is 1.77 bits per heavy atom. The summed E-state index contributed by atoms with van der Waals surface area (Å²) in [6, 6.07) is 12.1. The number of aromatic nitrogens is 2. The van der Waals surface area contributed by atoms with E-state index in [1.807, 2.05) is 17.8 Å². The molecule has 2 amide bonds. The van der Waals surface area contributed by atoms with Crippen molar-refractivity contribution < 1.29 is 19.1 Å². The van der Waals surface area contributed by atoms with E-state index >= 15 is 0 Å². The van der Waals surface area contributed by atoms with Crippen LogP contribution in [0.1, 0.15) is 16.8 Å². The van der Waals surface area contributed by atoms with Crippen LogP contribution in [0.2, 0.25) is 0 Å². The molecule has 1 aliphatic heterocycles. The number of ether oxygens (including phenoxy) is 2. The van der Waals surface area contributed by atoms with Gasteiger partial charge in [-0.3, -0.25) is 9.59 Å². The van der Waals surface area contributed by atoms with Gasteiger partial charge in [0.1, 0.15) is 0 Å². The van der Waals surface area contributed by atoms with Gasteiger partial charge in [-0.25, -0.2) is 4.98 Å². The van der Waals surface area contributed by atoms with Crippen molar-refractivity contribution in [2.24, 2.45) is 7.05 Å². The number of fused-ring (bicyclic) bond motifs is 1. The first-order chi connectivity index (χ1) is 15.1. The molecular formula is C22H22N4O4S. The average molecular weight is 439 g/mol. The number of carbonyl (C=O) groups excluding carboxylic acids is 2. The van der Waals surface area contributed by atoms with Crippen molar-refractivity contribution >= 4 is 35.0 Å². The van der Waals surface area contributed by atoms with Gasteiger partial charge in [-0.15, -0.1) is 0 Å². The quantitative estimate of drug-likeness (QED) is 0.572. The molecule has 31 heavy (non-hydrogen) atoms. The highest BCUT2D eigenvalue weighted by atomic mass is 32.2. The van der Waals surface area contributed by atoms with E-state index in [1.165, 1.54) is 11.8 Å². The van der Waals surface area contributed by atoms with Gasteiger partial charge in [-0.2, -0.15) is 0 Å². The summed E-state index contributed by atoms with van der Waals surface area (Å²) in [7, 11) is 1.88. The lowest BCUT2D eigenvalue weighted by Gasteiger charge is -2.11. The summed E-state index contributed by atoms with van der Waals surface area (Å²) >= 11 is 1.36. The van der Waals surface area contributed by atoms with Crippen LogP contribution in [0.5, 0.6) is 11.5 Å². The largest absolute Gasteiger partial charge is 0.490 e. The monoisotopic (exact) mass is 438 g/mol. The number of carbonyl (C=O) groups is 2. The minimum atomic E-state index is -0.252. The highest BCUT2D eigenvalue weighted by Crippen LogP contribution is 2.32. The van der Waals surface area contributed by atoms with Crippen LogP contribution in [-0.4, -0.2) is 40.3 Å². The smallest absolute Gasteiger partial charge is 0.255 e. The number of rotatable bonds is 6. The number of aryl methyl sites for hydroxylation is 1. The Balaban J connectivity index is 1.32. The summed E-state index contributed by atoms with van der Waals surface area (Å²) < 4.78 is 13.1. The van der Waals surface area contributed by atoms with Crippen molar-refractivity contribution in [3.8, 4) is 11.5 Å². The molecule has 2 heterocycles. The summed E-state index contributed by atoms with van der Waals surface area (Å²) in [6.07, 6.45) is 4.34. The van der Waals surface area contributed by atoms with Crippen LogP contribution in [-0.2, 0) is 11.8 Å². The van der Waals surface area contributed by atoms with Gasteiger partial charge in [0.05, 0.1) is 19.0 Å². The molecule has 160 valence electrons. The van der Waals surface area contributed by atoms with Crippen LogP contribution in [0.4, 0.5) is 11.4 Å². The summed E-state index contributed by atoms with van der Waals surface area (Å²) in [5, 5.41) is 6.45. The predicted octanol–water partition coefficient (Wildman–Crippen LogP) is 3.56. The van der Waals surface area contributed by atoms with Crippen LogP contribution >= 0.6 is 11.8 Å². The highest BCUT2D eigenvalue weighted by Gasteiger charge is 2.13. The van der Waals surface area contributed by atoms with E-state index in [2.05, 4.69) is 15.6 Å². The van der Waals surface area contributed by atoms with Gasteiger partial charge in [0.2, 0.25) is 5.91 Å². The summed E-state index contributed by atoms with van der Waals surface area (Å²) in [5.41, 5.74) is 1.73. The standard InChI is InChI=1S/C22H22N4O4S/c1-26-10-9-23-22(26)31-14-20(27)24-16-5-3-15(4-6-16)21(28)25-17-7-8-18-19(13-17)30-12-2-11-29-18/h3-10,13H,2,11-12,14H2,1H3,(H,24,27)(H,25,28). The number of amides is 2. The Bertz CT molecular complexity index is 1080. The van der Waals surface area contributed by atoms with E-state index in [4.69, 9.17) is 9.47 Å². The zero-order valence-corrected chi connectivity index (χ0v) is 17.8. The number of thioether (sulfide) groups is 1. The number of hydrogen-bond donors (Lipinski definition) is 2. The zero-order chi connectivity index (χ0) is 21.6. The zero-order valence-electron chi connectivity index (χ0n) is 17.0. The predicted molar refractivity (Wildman–Crippen MR) is 119 cm³/mol. The fourth-order valence-electron chi connectivity index (χ4n) is 2.97. The van der Waals surface area contributed by atoms with Gasteiger partial charge in [-0.05, 0) is 36.4 Å². The second-order valence-corrected chi connectivity index (χ2v) is 7.84. The maximum Gasteiger partial charge on any atom is 0.255 e. The molecule has 1 aromatic heterocycles. The maximum absolute atomic E-state index is 12.6. The van der Waals surface area contributed by atoms with E-state index in [0.717, 1.165) is 11.6 Å². The Kier molecular flexibility index (Phi) is 6.42. The molecule has 8 nitrogen and oxygen atoms in total. The van der Waals surface area contributed by atoms with E-state index in [0.29, 0.717) is 41.7 Å². The minimum absolute atomic E-state index is 0.141. The third-order valence-corrected chi connectivity index (χ3v) is 5.60. The first kappa shape index (κ1) is 20.8. The molecule has 0 radical (unpaired) electrons. The molecule has 0 atom stereocenters. The van der Waals surface area contributed by atoms with Crippen molar-refractivity contribution in [3.05, 3.63) is 60.4 Å². The van der Waals surface area contributed by atoms with E-state index in [-0.39, 0.29) is 17.6 Å². The summed E-state index contributed by atoms with van der Waals surface area (Å²) in [4.78, 5) is 28.9. The molecule has 9 heteroatoms. The fraction of sp³-hybridized carbons (Fsp3) is 0.227. The summed E-state index contributed by atoms with van der Waals surface area (Å²) in [6.45, 7) is 1.20. The molecule has 0 aliphatic carbocycles. The fourth-order valence-corrected chi connectivity index (χ4v) is 3.70. The third-order valence-electron chi connectivity index (χ3n) is 4.55. The summed E-state index contributed by atoms with van der Waals surface area (Å²) in [5.74, 6) is 1.15. The molecule has 4 rings (SSSR count). The van der Waals surface area contributed by atoms with E-state index in [9.17, 15) is 9.59 Å². The lowest BCUT2D eigenvalue weighted by molar-refractivity contribution is -0.113. The number of benzene rings is 2. The third kappa shape index (κ3) is 5.37. The molecule has 0 saturated carbocycles. The van der Waals surface area contributed by atoms with E-state index < -0.39 is 0 Å². The second kappa shape index (κ2) is 9.57. The van der Waals surface area contributed by atoms with Gasteiger partial charge in [0.15, 0.2) is 16.7 Å². The van der Waals surface area contributed by atoms with Crippen LogP contribution in [0.15, 0.2) is 60.0 Å². The lowest BCUT2D eigenvalue weighted by Crippen LogP contribution is -2.15. The average Bonchev–Trinajstić information content (AvgIpc) is 3.03.